The van der Waals surface area contributed by atoms with Gasteiger partial charge in [0.05, 0.1) is 16.8 Å². The summed E-state index contributed by atoms with van der Waals surface area (Å²) in [6.45, 7) is 8.33. The molecule has 0 fully saturated rings. The molecule has 0 saturated carbocycles. The second-order valence-electron chi connectivity index (χ2n) is 8.20. The van der Waals surface area contributed by atoms with E-state index in [1.54, 1.807) is 5.01 Å². The molecule has 0 spiro atoms. The summed E-state index contributed by atoms with van der Waals surface area (Å²) in [6, 6.07) is 16.5. The molecule has 0 unspecified atom stereocenters. The molecule has 2 aromatic rings. The van der Waals surface area contributed by atoms with Crippen LogP contribution < -0.4 is 5.01 Å². The van der Waals surface area contributed by atoms with E-state index in [-0.39, 0.29) is 5.91 Å². The monoisotopic (exact) mass is 388 g/mol. The van der Waals surface area contributed by atoms with Crippen molar-refractivity contribution in [3.8, 4) is 0 Å². The number of carbonyl (C=O) groups is 1. The smallest absolute Gasteiger partial charge is 0.260 e. The first-order chi connectivity index (χ1) is 14.0. The van der Waals surface area contributed by atoms with Crippen LogP contribution in [0.5, 0.6) is 0 Å². The Labute approximate surface area is 175 Å². The Morgan fingerprint density at radius 1 is 0.931 bits per heavy atom. The van der Waals surface area contributed by atoms with Gasteiger partial charge in [0.1, 0.15) is 0 Å². The lowest BCUT2D eigenvalue weighted by molar-refractivity contribution is -0.123. The molecule has 0 aromatic heterocycles. The molecule has 1 heterocycles. The molecule has 29 heavy (non-hydrogen) atoms. The maximum absolute atomic E-state index is 13.7. The highest BCUT2D eigenvalue weighted by Gasteiger charge is 2.48. The molecule has 2 aromatic carbocycles. The zero-order chi connectivity index (χ0) is 20.9. The number of nitrogens with zero attached hydrogens (tertiary/aromatic N) is 2. The summed E-state index contributed by atoms with van der Waals surface area (Å²) in [7, 11) is 0. The predicted molar refractivity (Wildman–Crippen MR) is 122 cm³/mol. The third-order valence-electron chi connectivity index (χ3n) is 5.81. The van der Waals surface area contributed by atoms with Gasteiger partial charge < -0.3 is 0 Å². The second kappa shape index (κ2) is 9.21. The third kappa shape index (κ3) is 4.67. The third-order valence-corrected chi connectivity index (χ3v) is 5.81. The Morgan fingerprint density at radius 2 is 1.55 bits per heavy atom. The standard InChI is InChI=1S/C26H32N2O/c1-5-6-7-8-9-18-26(19-23-14-10-20(2)11-15-23)22(4)27-28(25(26)29)24-16-12-21(3)13-17-24/h8-17H,5-7,18-19H2,1-4H3/b9-8+/t26-/m1/s1. The van der Waals surface area contributed by atoms with Gasteiger partial charge in [0.15, 0.2) is 0 Å². The van der Waals surface area contributed by atoms with Gasteiger partial charge in [0, 0.05) is 0 Å². The Balaban J connectivity index is 1.92. The summed E-state index contributed by atoms with van der Waals surface area (Å²) >= 11 is 0. The molecule has 1 aliphatic rings. The fourth-order valence-electron chi connectivity index (χ4n) is 3.80. The Hall–Kier alpha value is -2.68. The normalized spacial score (nSPS) is 19.2. The van der Waals surface area contributed by atoms with E-state index < -0.39 is 5.41 Å². The van der Waals surface area contributed by atoms with Crippen LogP contribution in [-0.4, -0.2) is 11.6 Å². The molecule has 0 N–H and O–H groups in total. The molecular formula is C26H32N2O. The molecule has 0 bridgehead atoms. The fraction of sp³-hybridized carbons (Fsp3) is 0.385. The summed E-state index contributed by atoms with van der Waals surface area (Å²) in [5, 5.41) is 6.32. The number of hydrazone groups is 1. The van der Waals surface area contributed by atoms with Gasteiger partial charge in [-0.3, -0.25) is 4.79 Å². The molecule has 3 rings (SSSR count). The highest BCUT2D eigenvalue weighted by Crippen LogP contribution is 2.39. The van der Waals surface area contributed by atoms with E-state index in [0.717, 1.165) is 17.8 Å². The SMILES string of the molecule is CCCC/C=C/C[C@]1(Cc2ccc(C)cc2)C(=O)N(c2ccc(C)cc2)N=C1C. The van der Waals surface area contributed by atoms with E-state index in [1.165, 1.54) is 29.5 Å². The van der Waals surface area contributed by atoms with Crippen molar-refractivity contribution in [1.29, 1.82) is 0 Å². The summed E-state index contributed by atoms with van der Waals surface area (Å²) in [5.41, 5.74) is 4.68. The lowest BCUT2D eigenvalue weighted by atomic mass is 9.74. The molecule has 3 heteroatoms. The van der Waals surface area contributed by atoms with Gasteiger partial charge in [0.25, 0.3) is 5.91 Å². The van der Waals surface area contributed by atoms with Gasteiger partial charge >= 0.3 is 0 Å². The number of benzene rings is 2. The van der Waals surface area contributed by atoms with Gasteiger partial charge in [-0.05, 0) is 57.7 Å². The van der Waals surface area contributed by atoms with Crippen molar-refractivity contribution < 1.29 is 4.79 Å². The Morgan fingerprint density at radius 3 is 2.17 bits per heavy atom. The molecule has 152 valence electrons. The van der Waals surface area contributed by atoms with E-state index in [0.29, 0.717) is 12.8 Å². The highest BCUT2D eigenvalue weighted by atomic mass is 16.2. The summed E-state index contributed by atoms with van der Waals surface area (Å²) in [4.78, 5) is 13.7. The number of amides is 1. The first-order valence-corrected chi connectivity index (χ1v) is 10.6. The molecule has 3 nitrogen and oxygen atoms in total. The molecule has 1 aliphatic heterocycles. The van der Waals surface area contributed by atoms with Gasteiger partial charge in [-0.15, -0.1) is 0 Å². The van der Waals surface area contributed by atoms with E-state index >= 15 is 0 Å². The number of carbonyl (C=O) groups excluding carboxylic acids is 1. The molecular weight excluding hydrogens is 356 g/mol. The predicted octanol–water partition coefficient (Wildman–Crippen LogP) is 6.39. The van der Waals surface area contributed by atoms with Crippen LogP contribution in [0.15, 0.2) is 65.8 Å². The number of unbranched alkanes of at least 4 members (excludes halogenated alkanes) is 2. The minimum absolute atomic E-state index is 0.0690. The van der Waals surface area contributed by atoms with Crippen LogP contribution in [0.4, 0.5) is 5.69 Å². The van der Waals surface area contributed by atoms with Crippen molar-refractivity contribution in [2.45, 2.75) is 59.8 Å². The summed E-state index contributed by atoms with van der Waals surface area (Å²) in [6.07, 6.45) is 9.17. The van der Waals surface area contributed by atoms with Crippen LogP contribution >= 0.6 is 0 Å². The van der Waals surface area contributed by atoms with Crippen LogP contribution in [0, 0.1) is 19.3 Å². The second-order valence-corrected chi connectivity index (χ2v) is 8.20. The Bertz CT molecular complexity index is 893. The minimum Gasteiger partial charge on any atom is -0.271 e. The lowest BCUT2D eigenvalue weighted by Gasteiger charge is -2.27. The van der Waals surface area contributed by atoms with E-state index in [1.807, 2.05) is 38.1 Å². The average Bonchev–Trinajstić information content (AvgIpc) is 2.95. The quantitative estimate of drug-likeness (QED) is 0.381. The van der Waals surface area contributed by atoms with Crippen molar-refractivity contribution >= 4 is 17.3 Å². The molecule has 1 atom stereocenters. The zero-order valence-electron chi connectivity index (χ0n) is 18.1. The van der Waals surface area contributed by atoms with Crippen LogP contribution in [0.3, 0.4) is 0 Å². The van der Waals surface area contributed by atoms with Crippen LogP contribution in [0.1, 0.15) is 56.2 Å². The highest BCUT2D eigenvalue weighted by molar-refractivity contribution is 6.18. The van der Waals surface area contributed by atoms with Crippen molar-refractivity contribution in [2.75, 3.05) is 5.01 Å². The topological polar surface area (TPSA) is 32.7 Å². The van der Waals surface area contributed by atoms with Gasteiger partial charge in [-0.1, -0.05) is 79.4 Å². The minimum atomic E-state index is -0.622. The maximum atomic E-state index is 13.7. The van der Waals surface area contributed by atoms with Gasteiger partial charge in [-0.2, -0.15) is 10.1 Å². The number of allylic oxidation sites excluding steroid dienone is 2. The van der Waals surface area contributed by atoms with Crippen LogP contribution in [0.2, 0.25) is 0 Å². The largest absolute Gasteiger partial charge is 0.271 e. The molecule has 0 radical (unpaired) electrons. The molecule has 0 saturated heterocycles. The van der Waals surface area contributed by atoms with Crippen molar-refractivity contribution in [3.63, 3.8) is 0 Å². The van der Waals surface area contributed by atoms with E-state index in [2.05, 4.69) is 50.3 Å². The van der Waals surface area contributed by atoms with Crippen molar-refractivity contribution in [1.82, 2.24) is 0 Å². The summed E-state index contributed by atoms with van der Waals surface area (Å²) < 4.78 is 0. The number of aryl methyl sites for hydroxylation is 2. The van der Waals surface area contributed by atoms with Crippen LogP contribution in [-0.2, 0) is 11.2 Å². The number of hydrogen-bond donors (Lipinski definition) is 0. The maximum Gasteiger partial charge on any atom is 0.260 e. The molecule has 1 amide bonds. The average molecular weight is 389 g/mol. The number of rotatable bonds is 8. The van der Waals surface area contributed by atoms with E-state index in [9.17, 15) is 4.79 Å². The first kappa shape index (κ1) is 21.0. The Kier molecular flexibility index (Phi) is 6.68. The van der Waals surface area contributed by atoms with Gasteiger partial charge in [-0.25, -0.2) is 0 Å². The lowest BCUT2D eigenvalue weighted by Crippen LogP contribution is -2.40. The van der Waals surface area contributed by atoms with E-state index in [4.69, 9.17) is 5.10 Å². The molecule has 0 aliphatic carbocycles. The van der Waals surface area contributed by atoms with Crippen LogP contribution in [0.25, 0.3) is 0 Å². The summed E-state index contributed by atoms with van der Waals surface area (Å²) in [5.74, 6) is 0.0690. The number of anilines is 1. The van der Waals surface area contributed by atoms with Crippen molar-refractivity contribution in [3.05, 3.63) is 77.4 Å². The van der Waals surface area contributed by atoms with Crippen molar-refractivity contribution in [2.24, 2.45) is 10.5 Å². The van der Waals surface area contributed by atoms with Gasteiger partial charge in [0.2, 0.25) is 0 Å². The number of hydrogen-bond acceptors (Lipinski definition) is 2. The fourth-order valence-corrected chi connectivity index (χ4v) is 3.80. The zero-order valence-corrected chi connectivity index (χ0v) is 18.1. The first-order valence-electron chi connectivity index (χ1n) is 10.6.